The van der Waals surface area contributed by atoms with E-state index in [2.05, 4.69) is 87.4 Å². The molecule has 1 aromatic carbocycles. The van der Waals surface area contributed by atoms with Crippen molar-refractivity contribution in [2.45, 2.75) is 102 Å². The summed E-state index contributed by atoms with van der Waals surface area (Å²) in [7, 11) is -1.56. The molecular weight excluding hydrogens is 464 g/mol. The minimum Gasteiger partial charge on any atom is -0.258 e. The van der Waals surface area contributed by atoms with Gasteiger partial charge in [-0.25, -0.2) is 0 Å². The fraction of sp³-hybridized carbons (Fsp3) is 0.471. The Kier molecular flexibility index (Phi) is 8.85. The van der Waals surface area contributed by atoms with Crippen molar-refractivity contribution in [1.29, 1.82) is 0 Å². The third kappa shape index (κ3) is 5.98. The summed E-state index contributed by atoms with van der Waals surface area (Å²) >= 11 is 0. The number of aromatic nitrogens is 1. The van der Waals surface area contributed by atoms with Crippen LogP contribution < -0.4 is 9.75 Å². The molecule has 2 nitrogen and oxygen atoms in total. The first kappa shape index (κ1) is 27.5. The minimum atomic E-state index is -1.56. The van der Waals surface area contributed by atoms with Crippen LogP contribution in [0.5, 0.6) is 0 Å². The van der Waals surface area contributed by atoms with E-state index < -0.39 is 8.07 Å². The molecule has 1 aliphatic carbocycles. The second-order valence-corrected chi connectivity index (χ2v) is 17.2. The van der Waals surface area contributed by atoms with Gasteiger partial charge in [0.15, 0.2) is 12.2 Å². The number of pyridine rings is 1. The highest BCUT2D eigenvalue weighted by atomic mass is 28.3. The maximum atomic E-state index is 4.89. The highest BCUT2D eigenvalue weighted by Crippen LogP contribution is 2.44. The average molecular weight is 512 g/mol. The van der Waals surface area contributed by atoms with Gasteiger partial charge in [-0.3, -0.25) is 4.99 Å². The Bertz CT molecular complexity index is 1180. The highest BCUT2D eigenvalue weighted by molar-refractivity contribution is 6.89. The second-order valence-electron chi connectivity index (χ2n) is 12.1. The molecule has 2 heterocycles. The van der Waals surface area contributed by atoms with Gasteiger partial charge >= 0.3 is 0 Å². The zero-order valence-electron chi connectivity index (χ0n) is 23.7. The van der Waals surface area contributed by atoms with E-state index in [9.17, 15) is 0 Å². The van der Waals surface area contributed by atoms with E-state index in [-0.39, 0.29) is 0 Å². The summed E-state index contributed by atoms with van der Waals surface area (Å²) < 4.78 is 2.64. The first-order chi connectivity index (χ1) is 17.8. The Labute approximate surface area is 227 Å². The van der Waals surface area contributed by atoms with E-state index >= 15 is 0 Å². The van der Waals surface area contributed by atoms with E-state index in [0.717, 1.165) is 30.7 Å². The lowest BCUT2D eigenvalue weighted by Gasteiger charge is -2.34. The summed E-state index contributed by atoms with van der Waals surface area (Å²) in [6.07, 6.45) is 17.0. The molecule has 4 rings (SSSR count). The van der Waals surface area contributed by atoms with Crippen molar-refractivity contribution in [3.8, 4) is 11.3 Å². The monoisotopic (exact) mass is 511 g/mol. The number of hydrogen-bond acceptors (Lipinski definition) is 1. The van der Waals surface area contributed by atoms with Gasteiger partial charge in [0, 0.05) is 40.6 Å². The molecule has 2 aromatic rings. The van der Waals surface area contributed by atoms with Gasteiger partial charge in [-0.05, 0) is 48.4 Å². The molecule has 0 radical (unpaired) electrons. The Hall–Kier alpha value is -2.52. The summed E-state index contributed by atoms with van der Waals surface area (Å²) in [5.74, 6) is 1.15. The van der Waals surface area contributed by atoms with Crippen molar-refractivity contribution < 1.29 is 4.57 Å². The molecule has 2 aliphatic rings. The van der Waals surface area contributed by atoms with E-state index in [1.54, 1.807) is 10.8 Å². The van der Waals surface area contributed by atoms with Gasteiger partial charge in [0.25, 0.3) is 0 Å². The van der Waals surface area contributed by atoms with Crippen molar-refractivity contribution >= 4 is 19.0 Å². The normalized spacial score (nSPS) is 20.2. The molecule has 1 aliphatic heterocycles. The lowest BCUT2D eigenvalue weighted by atomic mass is 9.77. The first-order valence-electron chi connectivity index (χ1n) is 14.5. The zero-order chi connectivity index (χ0) is 26.6. The van der Waals surface area contributed by atoms with Gasteiger partial charge in [0.05, 0.1) is 14.5 Å². The number of hydrogen-bond donors (Lipinski definition) is 0. The largest absolute Gasteiger partial charge is 0.258 e. The van der Waals surface area contributed by atoms with E-state index in [1.807, 2.05) is 12.2 Å². The molecule has 0 N–H and O–H groups in total. The predicted molar refractivity (Wildman–Crippen MR) is 164 cm³/mol. The van der Waals surface area contributed by atoms with Crippen LogP contribution >= 0.6 is 0 Å². The van der Waals surface area contributed by atoms with Gasteiger partial charge in [0.2, 0.25) is 5.69 Å². The number of rotatable bonds is 10. The van der Waals surface area contributed by atoms with Gasteiger partial charge in [0.1, 0.15) is 0 Å². The van der Waals surface area contributed by atoms with Crippen molar-refractivity contribution in [3.05, 3.63) is 85.2 Å². The number of benzene rings is 1. The molecule has 1 saturated carbocycles. The fourth-order valence-corrected chi connectivity index (χ4v) is 8.29. The lowest BCUT2D eigenvalue weighted by Crippen LogP contribution is -2.54. The number of aliphatic imine (C=N–C) groups is 1. The summed E-state index contributed by atoms with van der Waals surface area (Å²) in [4.78, 5) is 4.89. The Morgan fingerprint density at radius 1 is 1.08 bits per heavy atom. The zero-order valence-corrected chi connectivity index (χ0v) is 24.7. The number of allylic oxidation sites excluding steroid dienone is 3. The third-order valence-corrected chi connectivity index (χ3v) is 10.4. The summed E-state index contributed by atoms with van der Waals surface area (Å²) in [6.45, 7) is 22.1. The maximum absolute atomic E-state index is 4.89. The van der Waals surface area contributed by atoms with Gasteiger partial charge in [-0.1, -0.05) is 89.7 Å². The molecule has 1 aromatic heterocycles. The molecule has 2 atom stereocenters. The van der Waals surface area contributed by atoms with E-state index in [1.165, 1.54) is 55.3 Å². The molecular formula is C34H47N2Si+. The van der Waals surface area contributed by atoms with Crippen molar-refractivity contribution in [3.63, 3.8) is 0 Å². The average Bonchev–Trinajstić information content (AvgIpc) is 2.89. The standard InChI is InChI=1S/C34H47N2Si/c1-8-16-27(10-3)35-25(4)22-32-29(17-9-2)28-20-14-15-21-30(28)33-23-31(26-18-12-11-13-19-26)34(24-36(32)33)37(5,6)7/h8,10,14-15,20-21,23-24,26,29,32H,1,3-4,9,11-13,16-19,22H2,2,5-7H3/q+1/b35-27-. The SMILES string of the molecule is C=CC/C(C=C)=N\C(=C)CC1C(CCC)c2ccccc2-c2cc(C3CCCCC3)c([Si](C)(C)C)c[n+]21. The number of nitrogens with zero attached hydrogens (tertiary/aromatic N) is 2. The first-order valence-corrected chi connectivity index (χ1v) is 18.0. The highest BCUT2D eigenvalue weighted by Gasteiger charge is 2.42. The Balaban J connectivity index is 1.89. The molecule has 3 heteroatoms. The predicted octanol–water partition coefficient (Wildman–Crippen LogP) is 8.78. The molecule has 0 spiro atoms. The molecule has 0 saturated heterocycles. The number of fused-ring (bicyclic) bond motifs is 3. The molecule has 196 valence electrons. The summed E-state index contributed by atoms with van der Waals surface area (Å²) in [6, 6.07) is 12.1. The van der Waals surface area contributed by atoms with Crippen LogP contribution in [0.3, 0.4) is 0 Å². The Morgan fingerprint density at radius 2 is 1.81 bits per heavy atom. The molecule has 0 amide bonds. The Morgan fingerprint density at radius 3 is 2.46 bits per heavy atom. The minimum absolute atomic E-state index is 0.311. The maximum Gasteiger partial charge on any atom is 0.213 e. The third-order valence-electron chi connectivity index (χ3n) is 8.40. The van der Waals surface area contributed by atoms with Gasteiger partial charge < -0.3 is 0 Å². The van der Waals surface area contributed by atoms with Gasteiger partial charge in [-0.15, -0.1) is 6.58 Å². The van der Waals surface area contributed by atoms with Crippen molar-refractivity contribution in [2.75, 3.05) is 0 Å². The van der Waals surface area contributed by atoms with Crippen LogP contribution in [0.4, 0.5) is 0 Å². The molecule has 1 fully saturated rings. The molecule has 0 bridgehead atoms. The summed E-state index contributed by atoms with van der Waals surface area (Å²) in [5.41, 5.74) is 7.84. The summed E-state index contributed by atoms with van der Waals surface area (Å²) in [5, 5.41) is 1.65. The molecule has 37 heavy (non-hydrogen) atoms. The van der Waals surface area contributed by atoms with E-state index in [4.69, 9.17) is 4.99 Å². The van der Waals surface area contributed by atoms with Crippen LogP contribution in [0.15, 0.2) is 79.1 Å². The van der Waals surface area contributed by atoms with Crippen LogP contribution in [-0.4, -0.2) is 13.8 Å². The van der Waals surface area contributed by atoms with Crippen LogP contribution in [0, 0.1) is 0 Å². The van der Waals surface area contributed by atoms with Crippen molar-refractivity contribution in [2.24, 2.45) is 4.99 Å². The van der Waals surface area contributed by atoms with Crippen LogP contribution in [0.2, 0.25) is 19.6 Å². The molecule has 2 unspecified atom stereocenters. The van der Waals surface area contributed by atoms with Gasteiger partial charge in [-0.2, -0.15) is 4.57 Å². The topological polar surface area (TPSA) is 16.2 Å². The quantitative estimate of drug-likeness (QED) is 0.131. The second kappa shape index (κ2) is 11.9. The smallest absolute Gasteiger partial charge is 0.213 e. The van der Waals surface area contributed by atoms with Crippen LogP contribution in [0.1, 0.15) is 93.7 Å². The van der Waals surface area contributed by atoms with Crippen LogP contribution in [-0.2, 0) is 0 Å². The van der Waals surface area contributed by atoms with Crippen LogP contribution in [0.25, 0.3) is 11.3 Å². The van der Waals surface area contributed by atoms with Crippen molar-refractivity contribution in [1.82, 2.24) is 0 Å². The fourth-order valence-electron chi connectivity index (χ4n) is 6.62. The lowest BCUT2D eigenvalue weighted by molar-refractivity contribution is -0.717. The van der Waals surface area contributed by atoms with E-state index in [0.29, 0.717) is 17.9 Å².